The molecular weight excluding hydrogens is 501 g/mol. The number of nitrogens with one attached hydrogen (secondary N) is 1. The second kappa shape index (κ2) is 10.3. The molecule has 2 aromatic carbocycles. The van der Waals surface area contributed by atoms with E-state index in [-0.39, 0.29) is 53.1 Å². The fraction of sp³-hybridized carbons (Fsp3) is 0.300. The van der Waals surface area contributed by atoms with Crippen molar-refractivity contribution in [3.05, 3.63) is 63.6 Å². The third kappa shape index (κ3) is 5.44. The van der Waals surface area contributed by atoms with Crippen molar-refractivity contribution in [2.45, 2.75) is 17.5 Å². The Labute approximate surface area is 199 Å². The molecular formula is C20H20Cl2F2N4O4S. The first-order chi connectivity index (χ1) is 15.6. The molecule has 0 radical (unpaired) electrons. The number of halogens is 4. The first-order valence-corrected chi connectivity index (χ1v) is 12.0. The van der Waals surface area contributed by atoms with Crippen LogP contribution in [-0.2, 0) is 14.8 Å². The van der Waals surface area contributed by atoms with Gasteiger partial charge in [0, 0.05) is 37.8 Å². The Kier molecular flexibility index (Phi) is 7.91. The van der Waals surface area contributed by atoms with Crippen LogP contribution in [0.15, 0.2) is 41.3 Å². The zero-order valence-electron chi connectivity index (χ0n) is 17.1. The van der Waals surface area contributed by atoms with Crippen LogP contribution in [0.1, 0.15) is 16.8 Å². The van der Waals surface area contributed by atoms with Crippen LogP contribution in [0.25, 0.3) is 0 Å². The number of sulfonamides is 1. The summed E-state index contributed by atoms with van der Waals surface area (Å²) in [5.74, 6) is -3.69. The van der Waals surface area contributed by atoms with Gasteiger partial charge in [-0.15, -0.1) is 0 Å². The summed E-state index contributed by atoms with van der Waals surface area (Å²) in [5.41, 5.74) is 5.07. The summed E-state index contributed by atoms with van der Waals surface area (Å²) in [7, 11) is -4.33. The van der Waals surface area contributed by atoms with Gasteiger partial charge in [0.05, 0.1) is 14.9 Å². The van der Waals surface area contributed by atoms with Crippen LogP contribution in [0.2, 0.25) is 10.0 Å². The zero-order valence-corrected chi connectivity index (χ0v) is 19.4. The van der Waals surface area contributed by atoms with Crippen LogP contribution in [0, 0.1) is 11.6 Å². The van der Waals surface area contributed by atoms with E-state index >= 15 is 0 Å². The number of nitrogens with zero attached hydrogens (tertiary/aromatic N) is 2. The molecule has 3 rings (SSSR count). The molecule has 1 heterocycles. The molecule has 0 bridgehead atoms. The van der Waals surface area contributed by atoms with E-state index in [4.69, 9.17) is 28.9 Å². The van der Waals surface area contributed by atoms with Crippen LogP contribution >= 0.6 is 23.2 Å². The second-order valence-corrected chi connectivity index (χ2v) is 9.86. The van der Waals surface area contributed by atoms with E-state index in [1.54, 1.807) is 0 Å². The Morgan fingerprint density at radius 2 is 1.73 bits per heavy atom. The first-order valence-electron chi connectivity index (χ1n) is 9.78. The molecule has 1 saturated heterocycles. The zero-order chi connectivity index (χ0) is 24.3. The van der Waals surface area contributed by atoms with Crippen LogP contribution in [0.4, 0.5) is 8.78 Å². The largest absolute Gasteiger partial charge is 0.352 e. The Balaban J connectivity index is 2.06. The van der Waals surface area contributed by atoms with Gasteiger partial charge in [0.2, 0.25) is 10.0 Å². The molecule has 2 amide bonds. The van der Waals surface area contributed by atoms with Gasteiger partial charge in [0.25, 0.3) is 11.8 Å². The predicted molar refractivity (Wildman–Crippen MR) is 118 cm³/mol. The lowest BCUT2D eigenvalue weighted by molar-refractivity contribution is -0.130. The van der Waals surface area contributed by atoms with Gasteiger partial charge in [-0.3, -0.25) is 9.59 Å². The third-order valence-corrected chi connectivity index (χ3v) is 7.48. The topological polar surface area (TPSA) is 113 Å². The highest BCUT2D eigenvalue weighted by atomic mass is 35.5. The summed E-state index contributed by atoms with van der Waals surface area (Å²) >= 11 is 11.9. The Hall–Kier alpha value is -2.31. The van der Waals surface area contributed by atoms with Gasteiger partial charge in [-0.05, 0) is 36.8 Å². The Morgan fingerprint density at radius 1 is 1.06 bits per heavy atom. The summed E-state index contributed by atoms with van der Waals surface area (Å²) in [6, 6.07) is 5.87. The monoisotopic (exact) mass is 520 g/mol. The molecule has 8 nitrogen and oxygen atoms in total. The van der Waals surface area contributed by atoms with Crippen molar-refractivity contribution < 1.29 is 26.8 Å². The number of rotatable bonds is 6. The Bertz CT molecular complexity index is 1160. The molecule has 3 N–H and O–H groups in total. The lowest BCUT2D eigenvalue weighted by Gasteiger charge is -2.41. The quantitative estimate of drug-likeness (QED) is 0.606. The normalized spacial score (nSPS) is 17.1. The van der Waals surface area contributed by atoms with Crippen molar-refractivity contribution in [2.75, 3.05) is 26.2 Å². The minimum Gasteiger partial charge on any atom is -0.352 e. The van der Waals surface area contributed by atoms with Crippen LogP contribution in [0.3, 0.4) is 0 Å². The molecule has 13 heteroatoms. The molecule has 0 saturated carbocycles. The Morgan fingerprint density at radius 3 is 2.33 bits per heavy atom. The minimum atomic E-state index is -4.33. The van der Waals surface area contributed by atoms with Gasteiger partial charge in [-0.25, -0.2) is 17.2 Å². The van der Waals surface area contributed by atoms with E-state index in [1.807, 2.05) is 0 Å². The number of hydrogen-bond donors (Lipinski definition) is 2. The molecule has 1 atom stereocenters. The smallest absolute Gasteiger partial charge is 0.259 e. The maximum Gasteiger partial charge on any atom is 0.259 e. The van der Waals surface area contributed by atoms with Crippen LogP contribution in [-0.4, -0.2) is 61.8 Å². The summed E-state index contributed by atoms with van der Waals surface area (Å²) in [5, 5.41) is 2.60. The van der Waals surface area contributed by atoms with Gasteiger partial charge in [0.1, 0.15) is 11.6 Å². The van der Waals surface area contributed by atoms with Gasteiger partial charge < -0.3 is 16.0 Å². The average Bonchev–Trinajstić information content (AvgIpc) is 2.77. The van der Waals surface area contributed by atoms with Crippen molar-refractivity contribution in [3.63, 3.8) is 0 Å². The lowest BCUT2D eigenvalue weighted by Crippen LogP contribution is -2.63. The van der Waals surface area contributed by atoms with Crippen LogP contribution in [0.5, 0.6) is 0 Å². The molecule has 1 aliphatic heterocycles. The maximum absolute atomic E-state index is 13.7. The maximum atomic E-state index is 13.7. The highest BCUT2D eigenvalue weighted by molar-refractivity contribution is 7.89. The molecule has 1 aliphatic rings. The lowest BCUT2D eigenvalue weighted by atomic mass is 10.1. The van der Waals surface area contributed by atoms with Gasteiger partial charge in [-0.1, -0.05) is 23.2 Å². The van der Waals surface area contributed by atoms with E-state index in [0.717, 1.165) is 27.4 Å². The fourth-order valence-electron chi connectivity index (χ4n) is 3.44. The average molecular weight is 521 g/mol. The van der Waals surface area contributed by atoms with Gasteiger partial charge >= 0.3 is 0 Å². The number of nitrogens with two attached hydrogens (primary N) is 1. The fourth-order valence-corrected chi connectivity index (χ4v) is 5.42. The van der Waals surface area contributed by atoms with E-state index in [9.17, 15) is 26.8 Å². The van der Waals surface area contributed by atoms with Gasteiger partial charge in [-0.2, -0.15) is 4.31 Å². The molecule has 178 valence electrons. The molecule has 1 unspecified atom stereocenters. The number of benzene rings is 2. The minimum absolute atomic E-state index is 0.0120. The molecule has 0 spiro atoms. The van der Waals surface area contributed by atoms with E-state index in [2.05, 4.69) is 5.32 Å². The van der Waals surface area contributed by atoms with Crippen molar-refractivity contribution in [3.8, 4) is 0 Å². The highest BCUT2D eigenvalue weighted by Gasteiger charge is 2.44. The number of carbonyl (C=O) groups excluding carboxylic acids is 2. The van der Waals surface area contributed by atoms with Crippen molar-refractivity contribution in [1.82, 2.24) is 14.5 Å². The molecule has 33 heavy (non-hydrogen) atoms. The van der Waals surface area contributed by atoms with Gasteiger partial charge in [0.15, 0.2) is 6.17 Å². The van der Waals surface area contributed by atoms with E-state index in [1.165, 1.54) is 12.1 Å². The highest BCUT2D eigenvalue weighted by Crippen LogP contribution is 2.30. The van der Waals surface area contributed by atoms with E-state index in [0.29, 0.717) is 6.07 Å². The number of amides is 2. The van der Waals surface area contributed by atoms with Crippen molar-refractivity contribution in [1.29, 1.82) is 0 Å². The molecule has 0 aliphatic carbocycles. The summed E-state index contributed by atoms with van der Waals surface area (Å²) in [4.78, 5) is 26.8. The third-order valence-electron chi connectivity index (χ3n) is 4.89. The first kappa shape index (κ1) is 25.3. The van der Waals surface area contributed by atoms with Crippen molar-refractivity contribution in [2.24, 2.45) is 5.73 Å². The number of hydrogen-bond acceptors (Lipinski definition) is 5. The standard InChI is InChI=1S/C20H20Cl2F2N4O4S/c21-16-3-2-15(11-17(16)22)33(31,32)28-7-1-6-27(19(28)18(29)26-5-4-25)20(30)12-8-13(23)10-14(24)9-12/h2-3,8-11,19H,1,4-7,25H2,(H,26,29). The molecule has 1 fully saturated rings. The van der Waals surface area contributed by atoms with Crippen molar-refractivity contribution >= 4 is 45.0 Å². The van der Waals surface area contributed by atoms with Crippen LogP contribution < -0.4 is 11.1 Å². The summed E-state index contributed by atoms with van der Waals surface area (Å²) in [6.07, 6.45) is -1.45. The molecule has 2 aromatic rings. The SMILES string of the molecule is NCCNC(=O)C1N(C(=O)c2cc(F)cc(F)c2)CCCN1S(=O)(=O)c1ccc(Cl)c(Cl)c1. The summed E-state index contributed by atoms with van der Waals surface area (Å²) < 4.78 is 55.1. The van der Waals surface area contributed by atoms with E-state index < -0.39 is 39.6 Å². The predicted octanol–water partition coefficient (Wildman–Crippen LogP) is 2.21. The summed E-state index contributed by atoms with van der Waals surface area (Å²) in [6.45, 7) is -0.0245. The second-order valence-electron chi connectivity index (χ2n) is 7.16. The molecule has 0 aromatic heterocycles. The number of carbonyl (C=O) groups is 2.